The van der Waals surface area contributed by atoms with Crippen LogP contribution < -0.4 is 4.90 Å². The molecule has 1 heteroatoms. The van der Waals surface area contributed by atoms with E-state index in [1.165, 1.54) is 11.3 Å². The summed E-state index contributed by atoms with van der Waals surface area (Å²) in [5.74, 6) is 0. The zero-order valence-corrected chi connectivity index (χ0v) is 9.35. The molecule has 1 aromatic carbocycles. The standard InChI is InChI=1S/C14H17N/c1-12-8-10-14(11-9-12)15(2)13-6-4-3-5-7-13/h3-10,14H,11H2,1-2H3. The molecular formula is C14H17N. The smallest absolute Gasteiger partial charge is 0.0507 e. The Morgan fingerprint density at radius 2 is 1.93 bits per heavy atom. The Balaban J connectivity index is 2.10. The molecule has 0 fully saturated rings. The summed E-state index contributed by atoms with van der Waals surface area (Å²) < 4.78 is 0. The van der Waals surface area contributed by atoms with Gasteiger partial charge in [0.2, 0.25) is 0 Å². The highest BCUT2D eigenvalue weighted by Gasteiger charge is 2.12. The number of para-hydroxylation sites is 1. The van der Waals surface area contributed by atoms with Crippen molar-refractivity contribution < 1.29 is 0 Å². The topological polar surface area (TPSA) is 3.24 Å². The molecule has 0 aromatic heterocycles. The highest BCUT2D eigenvalue weighted by Crippen LogP contribution is 2.20. The summed E-state index contributed by atoms with van der Waals surface area (Å²) in [7, 11) is 2.15. The predicted molar refractivity (Wildman–Crippen MR) is 66.1 cm³/mol. The first-order valence-electron chi connectivity index (χ1n) is 5.40. The maximum atomic E-state index is 2.32. The predicted octanol–water partition coefficient (Wildman–Crippen LogP) is 3.40. The van der Waals surface area contributed by atoms with E-state index in [9.17, 15) is 0 Å². The molecule has 0 N–H and O–H groups in total. The second-order valence-corrected chi connectivity index (χ2v) is 4.06. The molecule has 0 radical (unpaired) electrons. The molecule has 1 aromatic rings. The fourth-order valence-corrected chi connectivity index (χ4v) is 1.86. The van der Waals surface area contributed by atoms with Gasteiger partial charge in [-0.3, -0.25) is 0 Å². The fraction of sp³-hybridized carbons (Fsp3) is 0.286. The van der Waals surface area contributed by atoms with Crippen LogP contribution in [0.1, 0.15) is 13.3 Å². The van der Waals surface area contributed by atoms with Crippen LogP contribution in [0, 0.1) is 0 Å². The van der Waals surface area contributed by atoms with Gasteiger partial charge in [0.25, 0.3) is 0 Å². The van der Waals surface area contributed by atoms with Gasteiger partial charge in [-0.05, 0) is 25.5 Å². The van der Waals surface area contributed by atoms with Crippen LogP contribution in [0.2, 0.25) is 0 Å². The third kappa shape index (κ3) is 2.30. The van der Waals surface area contributed by atoms with Crippen molar-refractivity contribution in [1.82, 2.24) is 0 Å². The van der Waals surface area contributed by atoms with Crippen molar-refractivity contribution in [1.29, 1.82) is 0 Å². The monoisotopic (exact) mass is 199 g/mol. The third-order valence-electron chi connectivity index (χ3n) is 2.92. The molecule has 0 heterocycles. The highest BCUT2D eigenvalue weighted by molar-refractivity contribution is 5.48. The minimum atomic E-state index is 0.496. The van der Waals surface area contributed by atoms with Crippen LogP contribution in [0.15, 0.2) is 54.1 Å². The van der Waals surface area contributed by atoms with E-state index in [1.54, 1.807) is 0 Å². The average molecular weight is 199 g/mol. The zero-order chi connectivity index (χ0) is 10.7. The molecule has 0 spiro atoms. The van der Waals surface area contributed by atoms with Gasteiger partial charge in [-0.1, -0.05) is 42.0 Å². The van der Waals surface area contributed by atoms with Crippen LogP contribution in [0.4, 0.5) is 5.69 Å². The number of benzene rings is 1. The molecule has 0 aliphatic heterocycles. The van der Waals surface area contributed by atoms with Gasteiger partial charge >= 0.3 is 0 Å². The van der Waals surface area contributed by atoms with Crippen molar-refractivity contribution in [2.75, 3.05) is 11.9 Å². The third-order valence-corrected chi connectivity index (χ3v) is 2.92. The lowest BCUT2D eigenvalue weighted by molar-refractivity contribution is 0.749. The molecular weight excluding hydrogens is 182 g/mol. The summed E-state index contributed by atoms with van der Waals surface area (Å²) in [4.78, 5) is 2.32. The van der Waals surface area contributed by atoms with Gasteiger partial charge in [-0.15, -0.1) is 0 Å². The van der Waals surface area contributed by atoms with Crippen molar-refractivity contribution >= 4 is 5.69 Å². The SMILES string of the molecule is CC1=CCC(N(C)c2ccccc2)C=C1. The maximum absolute atomic E-state index is 2.32. The van der Waals surface area contributed by atoms with Crippen molar-refractivity contribution in [3.05, 3.63) is 54.1 Å². The first-order valence-corrected chi connectivity index (χ1v) is 5.40. The second kappa shape index (κ2) is 4.35. The van der Waals surface area contributed by atoms with Crippen molar-refractivity contribution in [3.63, 3.8) is 0 Å². The van der Waals surface area contributed by atoms with Crippen LogP contribution >= 0.6 is 0 Å². The zero-order valence-electron chi connectivity index (χ0n) is 9.35. The Morgan fingerprint density at radius 3 is 2.53 bits per heavy atom. The maximum Gasteiger partial charge on any atom is 0.0507 e. The minimum absolute atomic E-state index is 0.496. The van der Waals surface area contributed by atoms with E-state index in [0.717, 1.165) is 6.42 Å². The molecule has 1 aliphatic rings. The normalized spacial score (nSPS) is 19.9. The number of nitrogens with zero attached hydrogens (tertiary/aromatic N) is 1. The average Bonchev–Trinajstić information content (AvgIpc) is 2.30. The molecule has 0 saturated carbocycles. The number of rotatable bonds is 2. The Hall–Kier alpha value is -1.50. The fourth-order valence-electron chi connectivity index (χ4n) is 1.86. The van der Waals surface area contributed by atoms with Gasteiger partial charge in [-0.25, -0.2) is 0 Å². The Bertz CT molecular complexity index is 376. The number of likely N-dealkylation sites (N-methyl/N-ethyl adjacent to an activating group) is 1. The van der Waals surface area contributed by atoms with Gasteiger partial charge in [0.1, 0.15) is 0 Å². The number of allylic oxidation sites excluding steroid dienone is 2. The molecule has 78 valence electrons. The van der Waals surface area contributed by atoms with E-state index in [4.69, 9.17) is 0 Å². The molecule has 1 aliphatic carbocycles. The van der Waals surface area contributed by atoms with Crippen LogP contribution in [0.3, 0.4) is 0 Å². The van der Waals surface area contributed by atoms with Crippen molar-refractivity contribution in [2.45, 2.75) is 19.4 Å². The molecule has 0 bridgehead atoms. The summed E-state index contributed by atoms with van der Waals surface area (Å²) in [5, 5.41) is 0. The quantitative estimate of drug-likeness (QED) is 0.705. The van der Waals surface area contributed by atoms with Gasteiger partial charge in [0, 0.05) is 12.7 Å². The van der Waals surface area contributed by atoms with Gasteiger partial charge in [0.05, 0.1) is 6.04 Å². The summed E-state index contributed by atoms with van der Waals surface area (Å²) >= 11 is 0. The number of anilines is 1. The van der Waals surface area contributed by atoms with Crippen LogP contribution in [0.25, 0.3) is 0 Å². The lowest BCUT2D eigenvalue weighted by Gasteiger charge is -2.28. The van der Waals surface area contributed by atoms with Gasteiger partial charge in [-0.2, -0.15) is 0 Å². The van der Waals surface area contributed by atoms with E-state index >= 15 is 0 Å². The van der Waals surface area contributed by atoms with Crippen LogP contribution in [-0.4, -0.2) is 13.1 Å². The summed E-state index contributed by atoms with van der Waals surface area (Å²) in [5.41, 5.74) is 2.65. The molecule has 1 atom stereocenters. The Kier molecular flexibility index (Phi) is 2.91. The molecule has 15 heavy (non-hydrogen) atoms. The van der Waals surface area contributed by atoms with E-state index in [-0.39, 0.29) is 0 Å². The van der Waals surface area contributed by atoms with Gasteiger partial charge in [0.15, 0.2) is 0 Å². The number of hydrogen-bond donors (Lipinski definition) is 0. The minimum Gasteiger partial charge on any atom is -0.368 e. The van der Waals surface area contributed by atoms with E-state index in [1.807, 2.05) is 0 Å². The lowest BCUT2D eigenvalue weighted by atomic mass is 10.0. The molecule has 1 unspecified atom stereocenters. The second-order valence-electron chi connectivity index (χ2n) is 4.06. The van der Waals surface area contributed by atoms with E-state index in [0.29, 0.717) is 6.04 Å². The van der Waals surface area contributed by atoms with Crippen molar-refractivity contribution in [3.8, 4) is 0 Å². The van der Waals surface area contributed by atoms with Crippen molar-refractivity contribution in [2.24, 2.45) is 0 Å². The lowest BCUT2D eigenvalue weighted by Crippen LogP contribution is -2.30. The van der Waals surface area contributed by atoms with Crippen LogP contribution in [-0.2, 0) is 0 Å². The summed E-state index contributed by atoms with van der Waals surface area (Å²) in [6, 6.07) is 11.0. The van der Waals surface area contributed by atoms with Crippen LogP contribution in [0.5, 0.6) is 0 Å². The van der Waals surface area contributed by atoms with E-state index < -0.39 is 0 Å². The first kappa shape index (κ1) is 10.0. The van der Waals surface area contributed by atoms with E-state index in [2.05, 4.69) is 67.4 Å². The number of hydrogen-bond acceptors (Lipinski definition) is 1. The molecule has 1 nitrogen and oxygen atoms in total. The van der Waals surface area contributed by atoms with Gasteiger partial charge < -0.3 is 4.90 Å². The molecule has 0 saturated heterocycles. The summed E-state index contributed by atoms with van der Waals surface area (Å²) in [6.07, 6.45) is 7.88. The Labute approximate surface area is 91.7 Å². The summed E-state index contributed by atoms with van der Waals surface area (Å²) in [6.45, 7) is 2.15. The highest BCUT2D eigenvalue weighted by atomic mass is 15.1. The Morgan fingerprint density at radius 1 is 1.20 bits per heavy atom. The first-order chi connectivity index (χ1) is 7.27. The largest absolute Gasteiger partial charge is 0.368 e. The molecule has 2 rings (SSSR count). The molecule has 0 amide bonds.